The molecular weight excluding hydrogens is 510 g/mol. The first-order valence-electron chi connectivity index (χ1n) is 10.6. The predicted octanol–water partition coefficient (Wildman–Crippen LogP) is 4.35. The summed E-state index contributed by atoms with van der Waals surface area (Å²) in [6, 6.07) is 6.43. The number of rotatable bonds is 7. The minimum absolute atomic E-state index is 0.0120. The number of aliphatic hydroxyl groups excluding tert-OH is 1. The molecule has 2 aromatic carbocycles. The van der Waals surface area contributed by atoms with Crippen LogP contribution in [0.2, 0.25) is 5.02 Å². The Balaban J connectivity index is 1.96. The van der Waals surface area contributed by atoms with Crippen molar-refractivity contribution in [3.05, 3.63) is 57.5 Å². The number of halogens is 5. The summed E-state index contributed by atoms with van der Waals surface area (Å²) in [5.74, 6) is -1.72. The average molecular weight is 530 g/mol. The Morgan fingerprint density at radius 1 is 1.22 bits per heavy atom. The Morgan fingerprint density at radius 2 is 1.94 bits per heavy atom. The zero-order chi connectivity index (χ0) is 26.4. The van der Waals surface area contributed by atoms with Crippen LogP contribution >= 0.6 is 11.6 Å². The van der Waals surface area contributed by atoms with E-state index >= 15 is 0 Å². The first-order chi connectivity index (χ1) is 17.0. The van der Waals surface area contributed by atoms with Crippen LogP contribution in [0, 0.1) is 5.82 Å². The van der Waals surface area contributed by atoms with Gasteiger partial charge in [-0.15, -0.1) is 10.2 Å². The molecule has 36 heavy (non-hydrogen) atoms. The highest BCUT2D eigenvalue weighted by atomic mass is 35.5. The van der Waals surface area contributed by atoms with Crippen LogP contribution in [-0.4, -0.2) is 41.5 Å². The molecule has 0 radical (unpaired) electrons. The molecule has 1 unspecified atom stereocenters. The van der Waals surface area contributed by atoms with Crippen LogP contribution in [-0.2, 0) is 20.2 Å². The summed E-state index contributed by atoms with van der Waals surface area (Å²) in [5.41, 5.74) is -0.368. The number of alkyl halides is 3. The van der Waals surface area contributed by atoms with Crippen molar-refractivity contribution in [2.75, 3.05) is 0 Å². The molecule has 192 valence electrons. The zero-order valence-electron chi connectivity index (χ0n) is 19.2. The highest BCUT2D eigenvalue weighted by Gasteiger charge is 2.39. The van der Waals surface area contributed by atoms with Crippen LogP contribution in [0.5, 0.6) is 17.4 Å². The fourth-order valence-electron chi connectivity index (χ4n) is 3.56. The van der Waals surface area contributed by atoms with E-state index in [9.17, 15) is 27.5 Å². The number of ether oxygens (including phenoxy) is 2. The molecule has 0 aliphatic carbocycles. The van der Waals surface area contributed by atoms with Crippen LogP contribution in [0.1, 0.15) is 19.7 Å². The summed E-state index contributed by atoms with van der Waals surface area (Å²) in [6.45, 7) is 2.16. The Bertz CT molecular complexity index is 1470. The van der Waals surface area contributed by atoms with Gasteiger partial charge in [0.15, 0.2) is 23.5 Å². The molecule has 4 rings (SSSR count). The number of hydrogen-bond donors (Lipinski definition) is 1. The standard InChI is InChI=1S/C22H20ClF4N5O4/c1-4-31-17(10-33)28-32(21(31)34)12-8-15-18(16(9-12)35-11(2)22(25,26)27)20(29-30(15)3)36-19-13(23)6-5-7-14(19)24/h5-9,11,33H,4,10H2,1-3H3. The summed E-state index contributed by atoms with van der Waals surface area (Å²) >= 11 is 6.04. The lowest BCUT2D eigenvalue weighted by molar-refractivity contribution is -0.189. The van der Waals surface area contributed by atoms with Crippen molar-refractivity contribution < 1.29 is 32.1 Å². The maximum absolute atomic E-state index is 14.4. The number of hydrogen-bond acceptors (Lipinski definition) is 6. The van der Waals surface area contributed by atoms with Gasteiger partial charge in [0.2, 0.25) is 5.88 Å². The van der Waals surface area contributed by atoms with Gasteiger partial charge in [-0.25, -0.2) is 9.18 Å². The quantitative estimate of drug-likeness (QED) is 0.358. The van der Waals surface area contributed by atoms with Crippen molar-refractivity contribution in [2.24, 2.45) is 7.05 Å². The van der Waals surface area contributed by atoms with Crippen LogP contribution in [0.25, 0.3) is 16.6 Å². The lowest BCUT2D eigenvalue weighted by Gasteiger charge is -2.19. The van der Waals surface area contributed by atoms with Gasteiger partial charge in [-0.1, -0.05) is 17.7 Å². The summed E-state index contributed by atoms with van der Waals surface area (Å²) in [4.78, 5) is 12.8. The average Bonchev–Trinajstić information content (AvgIpc) is 3.31. The van der Waals surface area contributed by atoms with Crippen molar-refractivity contribution >= 4 is 22.5 Å². The van der Waals surface area contributed by atoms with Crippen LogP contribution < -0.4 is 15.2 Å². The molecule has 4 aromatic rings. The summed E-state index contributed by atoms with van der Waals surface area (Å²) in [7, 11) is 1.48. The summed E-state index contributed by atoms with van der Waals surface area (Å²) in [6.07, 6.45) is -6.97. The van der Waals surface area contributed by atoms with E-state index in [-0.39, 0.29) is 51.4 Å². The number of aromatic nitrogens is 5. The number of para-hydroxylation sites is 1. The van der Waals surface area contributed by atoms with Crippen molar-refractivity contribution in [3.63, 3.8) is 0 Å². The number of aryl methyl sites for hydroxylation is 1. The van der Waals surface area contributed by atoms with Crippen LogP contribution in [0.15, 0.2) is 35.1 Å². The SMILES string of the molecule is CCn1c(CO)nn(-c2cc(OC(C)C(F)(F)F)c3c(Oc4c(F)cccc4Cl)nn(C)c3c2)c1=O. The molecule has 1 atom stereocenters. The van der Waals surface area contributed by atoms with Crippen molar-refractivity contribution in [3.8, 4) is 23.1 Å². The Hall–Kier alpha value is -3.58. The molecule has 1 N–H and O–H groups in total. The molecular formula is C22H20ClF4N5O4. The van der Waals surface area contributed by atoms with E-state index in [0.717, 1.165) is 23.7 Å². The largest absolute Gasteiger partial charge is 0.480 e. The van der Waals surface area contributed by atoms with E-state index in [0.29, 0.717) is 0 Å². The van der Waals surface area contributed by atoms with Gasteiger partial charge in [-0.05, 0) is 32.0 Å². The molecule has 0 saturated heterocycles. The number of aliphatic hydroxyl groups is 1. The second-order valence-corrected chi connectivity index (χ2v) is 8.14. The molecule has 0 saturated carbocycles. The molecule has 2 aromatic heterocycles. The van der Waals surface area contributed by atoms with Gasteiger partial charge in [0, 0.05) is 19.7 Å². The minimum Gasteiger partial charge on any atom is -0.480 e. The smallest absolute Gasteiger partial charge is 0.425 e. The van der Waals surface area contributed by atoms with Gasteiger partial charge >= 0.3 is 11.9 Å². The molecule has 0 amide bonds. The predicted molar refractivity (Wildman–Crippen MR) is 121 cm³/mol. The molecule has 0 aliphatic rings. The molecule has 0 aliphatic heterocycles. The third-order valence-electron chi connectivity index (χ3n) is 5.39. The Kier molecular flexibility index (Phi) is 6.71. The highest BCUT2D eigenvalue weighted by Crippen LogP contribution is 2.41. The molecule has 2 heterocycles. The van der Waals surface area contributed by atoms with Gasteiger partial charge in [-0.2, -0.15) is 17.9 Å². The van der Waals surface area contributed by atoms with E-state index in [4.69, 9.17) is 21.1 Å². The molecule has 0 bridgehead atoms. The van der Waals surface area contributed by atoms with Gasteiger partial charge in [-0.3, -0.25) is 9.25 Å². The fraction of sp³-hybridized carbons (Fsp3) is 0.318. The first kappa shape index (κ1) is 25.5. The van der Waals surface area contributed by atoms with E-state index in [2.05, 4.69) is 10.2 Å². The zero-order valence-corrected chi connectivity index (χ0v) is 19.9. The molecule has 0 fully saturated rings. The fourth-order valence-corrected chi connectivity index (χ4v) is 3.76. The van der Waals surface area contributed by atoms with Gasteiger partial charge in [0.05, 0.1) is 16.2 Å². The van der Waals surface area contributed by atoms with Gasteiger partial charge in [0.1, 0.15) is 17.7 Å². The van der Waals surface area contributed by atoms with E-state index in [1.807, 2.05) is 0 Å². The highest BCUT2D eigenvalue weighted by molar-refractivity contribution is 6.32. The molecule has 0 spiro atoms. The number of nitrogens with zero attached hydrogens (tertiary/aromatic N) is 5. The van der Waals surface area contributed by atoms with Gasteiger partial charge in [0.25, 0.3) is 0 Å². The van der Waals surface area contributed by atoms with Crippen molar-refractivity contribution in [1.29, 1.82) is 0 Å². The van der Waals surface area contributed by atoms with Crippen molar-refractivity contribution in [2.45, 2.75) is 39.3 Å². The Morgan fingerprint density at radius 3 is 2.53 bits per heavy atom. The van der Waals surface area contributed by atoms with E-state index < -0.39 is 30.4 Å². The van der Waals surface area contributed by atoms with Crippen LogP contribution in [0.3, 0.4) is 0 Å². The monoisotopic (exact) mass is 529 g/mol. The number of benzene rings is 2. The maximum atomic E-state index is 14.4. The lowest BCUT2D eigenvalue weighted by atomic mass is 10.2. The summed E-state index contributed by atoms with van der Waals surface area (Å²) < 4.78 is 68.8. The van der Waals surface area contributed by atoms with Crippen molar-refractivity contribution in [1.82, 2.24) is 24.1 Å². The molecule has 14 heteroatoms. The second-order valence-electron chi connectivity index (χ2n) is 7.73. The third-order valence-corrected chi connectivity index (χ3v) is 5.69. The minimum atomic E-state index is -4.72. The topological polar surface area (TPSA) is 96.3 Å². The Labute approximate surface area is 206 Å². The third kappa shape index (κ3) is 4.51. The lowest BCUT2D eigenvalue weighted by Crippen LogP contribution is -2.31. The second kappa shape index (κ2) is 9.47. The maximum Gasteiger partial charge on any atom is 0.425 e. The summed E-state index contributed by atoms with van der Waals surface area (Å²) in [5, 5.41) is 17.7. The number of fused-ring (bicyclic) bond motifs is 1. The van der Waals surface area contributed by atoms with E-state index in [1.165, 1.54) is 34.5 Å². The first-order valence-corrected chi connectivity index (χ1v) is 11.0. The molecule has 9 nitrogen and oxygen atoms in total. The normalized spacial score (nSPS) is 12.8. The van der Waals surface area contributed by atoms with Crippen LogP contribution in [0.4, 0.5) is 17.6 Å². The van der Waals surface area contributed by atoms with Gasteiger partial charge < -0.3 is 14.6 Å². The van der Waals surface area contributed by atoms with E-state index in [1.54, 1.807) is 6.92 Å².